The average molecular weight is 272 g/mol. The molecule has 0 bridgehead atoms. The van der Waals surface area contributed by atoms with E-state index < -0.39 is 0 Å². The zero-order valence-corrected chi connectivity index (χ0v) is 11.8. The molecule has 106 valence electrons. The highest BCUT2D eigenvalue weighted by Crippen LogP contribution is 2.19. The van der Waals surface area contributed by atoms with E-state index in [-0.39, 0.29) is 18.4 Å². The van der Waals surface area contributed by atoms with Gasteiger partial charge in [0.25, 0.3) is 5.91 Å². The molecule has 0 saturated carbocycles. The third kappa shape index (κ3) is 3.51. The second kappa shape index (κ2) is 6.95. The Bertz CT molecular complexity index is 499. The Kier molecular flexibility index (Phi) is 5.00. The molecule has 0 N–H and O–H groups in total. The number of rotatable bonds is 4. The number of nitrogens with zero attached hydrogens (tertiary/aromatic N) is 2. The van der Waals surface area contributed by atoms with Gasteiger partial charge in [-0.3, -0.25) is 4.79 Å². The van der Waals surface area contributed by atoms with Crippen LogP contribution in [0.3, 0.4) is 0 Å². The molecule has 1 aromatic rings. The van der Waals surface area contributed by atoms with Crippen molar-refractivity contribution in [3.05, 3.63) is 29.8 Å². The lowest BCUT2D eigenvalue weighted by molar-refractivity contribution is -0.134. The molecule has 0 spiro atoms. The monoisotopic (exact) mass is 272 g/mol. The van der Waals surface area contributed by atoms with E-state index in [0.29, 0.717) is 13.1 Å². The molecular formula is C16H20N2O2. The fraction of sp³-hybridized carbons (Fsp3) is 0.500. The van der Waals surface area contributed by atoms with Gasteiger partial charge in [-0.2, -0.15) is 5.26 Å². The van der Waals surface area contributed by atoms with Crippen LogP contribution in [0.2, 0.25) is 0 Å². The molecule has 1 amide bonds. The van der Waals surface area contributed by atoms with Crippen molar-refractivity contribution in [1.82, 2.24) is 4.90 Å². The lowest BCUT2D eigenvalue weighted by atomic mass is 9.99. The van der Waals surface area contributed by atoms with Crippen molar-refractivity contribution in [2.45, 2.75) is 26.2 Å². The summed E-state index contributed by atoms with van der Waals surface area (Å²) in [6.07, 6.45) is 2.43. The number of carbonyl (C=O) groups is 1. The van der Waals surface area contributed by atoms with E-state index in [4.69, 9.17) is 10.00 Å². The van der Waals surface area contributed by atoms with Crippen LogP contribution < -0.4 is 4.74 Å². The Morgan fingerprint density at radius 1 is 1.40 bits per heavy atom. The average Bonchev–Trinajstić information content (AvgIpc) is 2.53. The van der Waals surface area contributed by atoms with Gasteiger partial charge >= 0.3 is 0 Å². The molecule has 2 rings (SSSR count). The first-order valence-electron chi connectivity index (χ1n) is 7.12. The number of nitriles is 1. The standard InChI is InChI=1S/C16H20N2O2/c1-2-14-5-3-4-6-15(14)20-12-16(19)18-9-7-13(11-17)8-10-18/h3-6,13H,2,7-10,12H2,1H3. The summed E-state index contributed by atoms with van der Waals surface area (Å²) in [4.78, 5) is 13.9. The van der Waals surface area contributed by atoms with Crippen LogP contribution in [0.5, 0.6) is 5.75 Å². The Morgan fingerprint density at radius 3 is 2.75 bits per heavy atom. The SMILES string of the molecule is CCc1ccccc1OCC(=O)N1CCC(C#N)CC1. The summed E-state index contributed by atoms with van der Waals surface area (Å²) in [7, 11) is 0. The number of carbonyl (C=O) groups excluding carboxylic acids is 1. The molecule has 0 aliphatic carbocycles. The van der Waals surface area contributed by atoms with Crippen LogP contribution in [-0.2, 0) is 11.2 Å². The molecule has 1 heterocycles. The third-order valence-electron chi connectivity index (χ3n) is 3.73. The van der Waals surface area contributed by atoms with E-state index in [0.717, 1.165) is 30.6 Å². The van der Waals surface area contributed by atoms with Crippen molar-refractivity contribution in [2.75, 3.05) is 19.7 Å². The lowest BCUT2D eigenvalue weighted by Gasteiger charge is -2.29. The molecule has 1 aromatic carbocycles. The number of ether oxygens (including phenoxy) is 1. The minimum atomic E-state index is 0.00676. The molecule has 4 nitrogen and oxygen atoms in total. The number of para-hydroxylation sites is 1. The van der Waals surface area contributed by atoms with E-state index in [9.17, 15) is 4.79 Å². The first kappa shape index (κ1) is 14.4. The molecule has 1 aliphatic heterocycles. The van der Waals surface area contributed by atoms with E-state index >= 15 is 0 Å². The fourth-order valence-electron chi connectivity index (χ4n) is 2.43. The topological polar surface area (TPSA) is 53.3 Å². The zero-order valence-electron chi connectivity index (χ0n) is 11.8. The van der Waals surface area contributed by atoms with Crippen LogP contribution in [0.4, 0.5) is 0 Å². The van der Waals surface area contributed by atoms with Crippen molar-refractivity contribution in [3.8, 4) is 11.8 Å². The highest BCUT2D eigenvalue weighted by molar-refractivity contribution is 5.77. The van der Waals surface area contributed by atoms with Crippen LogP contribution in [0, 0.1) is 17.2 Å². The molecule has 4 heteroatoms. The quantitative estimate of drug-likeness (QED) is 0.845. The molecule has 0 unspecified atom stereocenters. The van der Waals surface area contributed by atoms with Crippen molar-refractivity contribution in [1.29, 1.82) is 5.26 Å². The highest BCUT2D eigenvalue weighted by atomic mass is 16.5. The van der Waals surface area contributed by atoms with E-state index in [2.05, 4.69) is 13.0 Å². The predicted octanol–water partition coefficient (Wildman–Crippen LogP) is 2.39. The molecule has 0 radical (unpaired) electrons. The molecule has 0 atom stereocenters. The minimum Gasteiger partial charge on any atom is -0.483 e. The smallest absolute Gasteiger partial charge is 0.260 e. The second-order valence-electron chi connectivity index (χ2n) is 5.03. The van der Waals surface area contributed by atoms with Gasteiger partial charge in [-0.25, -0.2) is 0 Å². The maximum atomic E-state index is 12.1. The van der Waals surface area contributed by atoms with Gasteiger partial charge in [0.15, 0.2) is 6.61 Å². The normalized spacial score (nSPS) is 15.7. The third-order valence-corrected chi connectivity index (χ3v) is 3.73. The van der Waals surface area contributed by atoms with Crippen LogP contribution in [0.25, 0.3) is 0 Å². The van der Waals surface area contributed by atoms with Gasteiger partial charge in [-0.15, -0.1) is 0 Å². The molecule has 0 aromatic heterocycles. The van der Waals surface area contributed by atoms with Crippen LogP contribution in [-0.4, -0.2) is 30.5 Å². The molecular weight excluding hydrogens is 252 g/mol. The van der Waals surface area contributed by atoms with Gasteiger partial charge in [-0.1, -0.05) is 25.1 Å². The number of hydrogen-bond donors (Lipinski definition) is 0. The Morgan fingerprint density at radius 2 is 2.10 bits per heavy atom. The maximum Gasteiger partial charge on any atom is 0.260 e. The number of benzene rings is 1. The summed E-state index contributed by atoms with van der Waals surface area (Å²) in [6.45, 7) is 3.47. The Hall–Kier alpha value is -2.02. The predicted molar refractivity (Wildman–Crippen MR) is 76.2 cm³/mol. The molecule has 20 heavy (non-hydrogen) atoms. The van der Waals surface area contributed by atoms with Crippen molar-refractivity contribution >= 4 is 5.91 Å². The molecule has 1 fully saturated rings. The minimum absolute atomic E-state index is 0.00676. The van der Waals surface area contributed by atoms with Gasteiger partial charge in [0.05, 0.1) is 6.07 Å². The molecule has 1 saturated heterocycles. The van der Waals surface area contributed by atoms with Crippen molar-refractivity contribution < 1.29 is 9.53 Å². The summed E-state index contributed by atoms with van der Waals surface area (Å²) in [5.74, 6) is 0.892. The Balaban J connectivity index is 1.85. The number of amides is 1. The van der Waals surface area contributed by atoms with Crippen molar-refractivity contribution in [3.63, 3.8) is 0 Å². The first-order valence-corrected chi connectivity index (χ1v) is 7.12. The van der Waals surface area contributed by atoms with Crippen LogP contribution in [0.1, 0.15) is 25.3 Å². The highest BCUT2D eigenvalue weighted by Gasteiger charge is 2.22. The zero-order chi connectivity index (χ0) is 14.4. The number of likely N-dealkylation sites (tertiary alicyclic amines) is 1. The number of aryl methyl sites for hydroxylation is 1. The summed E-state index contributed by atoms with van der Waals surface area (Å²) in [6, 6.07) is 10.1. The number of hydrogen-bond acceptors (Lipinski definition) is 3. The summed E-state index contributed by atoms with van der Waals surface area (Å²) in [5, 5.41) is 8.85. The summed E-state index contributed by atoms with van der Waals surface area (Å²) >= 11 is 0. The van der Waals surface area contributed by atoms with Gasteiger partial charge in [-0.05, 0) is 30.9 Å². The van der Waals surface area contributed by atoms with E-state index in [1.165, 1.54) is 0 Å². The second-order valence-corrected chi connectivity index (χ2v) is 5.03. The number of piperidine rings is 1. The summed E-state index contributed by atoms with van der Waals surface area (Å²) < 4.78 is 5.64. The van der Waals surface area contributed by atoms with Crippen LogP contribution in [0.15, 0.2) is 24.3 Å². The lowest BCUT2D eigenvalue weighted by Crippen LogP contribution is -2.40. The fourth-order valence-corrected chi connectivity index (χ4v) is 2.43. The Labute approximate surface area is 120 Å². The maximum absolute atomic E-state index is 12.1. The molecule has 1 aliphatic rings. The van der Waals surface area contributed by atoms with Gasteiger partial charge in [0, 0.05) is 19.0 Å². The first-order chi connectivity index (χ1) is 9.74. The van der Waals surface area contributed by atoms with Crippen LogP contribution >= 0.6 is 0 Å². The van der Waals surface area contributed by atoms with Gasteiger partial charge < -0.3 is 9.64 Å². The van der Waals surface area contributed by atoms with Gasteiger partial charge in [0.2, 0.25) is 0 Å². The van der Waals surface area contributed by atoms with Crippen molar-refractivity contribution in [2.24, 2.45) is 5.92 Å². The van der Waals surface area contributed by atoms with E-state index in [1.54, 1.807) is 4.90 Å². The summed E-state index contributed by atoms with van der Waals surface area (Å²) in [5.41, 5.74) is 1.11. The van der Waals surface area contributed by atoms with E-state index in [1.807, 2.05) is 24.3 Å². The largest absolute Gasteiger partial charge is 0.483 e. The van der Waals surface area contributed by atoms with Gasteiger partial charge in [0.1, 0.15) is 5.75 Å².